The van der Waals surface area contributed by atoms with Gasteiger partial charge < -0.3 is 5.73 Å². The second-order valence-corrected chi connectivity index (χ2v) is 5.71. The molecule has 0 fully saturated rings. The summed E-state index contributed by atoms with van der Waals surface area (Å²) in [5.41, 5.74) is 8.79. The quantitative estimate of drug-likeness (QED) is 0.907. The number of aryl methyl sites for hydroxylation is 1. The van der Waals surface area contributed by atoms with Gasteiger partial charge in [0.2, 0.25) is 0 Å². The van der Waals surface area contributed by atoms with Crippen molar-refractivity contribution in [2.24, 2.45) is 5.73 Å². The Morgan fingerprint density at radius 1 is 1.24 bits per heavy atom. The van der Waals surface area contributed by atoms with Crippen molar-refractivity contribution in [3.05, 3.63) is 70.0 Å². The zero-order valence-electron chi connectivity index (χ0n) is 12.3. The lowest BCUT2D eigenvalue weighted by molar-refractivity contribution is 0.236. The van der Waals surface area contributed by atoms with Crippen molar-refractivity contribution in [1.29, 1.82) is 0 Å². The average molecular weight is 307 g/mol. The van der Waals surface area contributed by atoms with Gasteiger partial charge in [-0.25, -0.2) is 4.39 Å². The normalized spacial score (nSPS) is 12.7. The maximum absolute atomic E-state index is 14.2. The van der Waals surface area contributed by atoms with E-state index in [0.717, 1.165) is 0 Å². The first-order valence-corrected chi connectivity index (χ1v) is 7.30. The van der Waals surface area contributed by atoms with E-state index in [0.29, 0.717) is 18.7 Å². The van der Waals surface area contributed by atoms with Gasteiger partial charge in [-0.2, -0.15) is 0 Å². The molecular weight excluding hydrogens is 287 g/mol. The second kappa shape index (κ2) is 7.03. The molecule has 1 unspecified atom stereocenters. The van der Waals surface area contributed by atoms with Gasteiger partial charge in [-0.3, -0.25) is 4.90 Å². The first-order chi connectivity index (χ1) is 10.0. The summed E-state index contributed by atoms with van der Waals surface area (Å²) in [5, 5.41) is 0.134. The first-order valence-electron chi connectivity index (χ1n) is 6.92. The smallest absolute Gasteiger partial charge is 0.146 e. The fourth-order valence-electron chi connectivity index (χ4n) is 2.53. The Labute approximate surface area is 130 Å². The Kier molecular flexibility index (Phi) is 5.34. The summed E-state index contributed by atoms with van der Waals surface area (Å²) < 4.78 is 14.2. The van der Waals surface area contributed by atoms with Gasteiger partial charge in [-0.15, -0.1) is 0 Å². The molecule has 0 heterocycles. The van der Waals surface area contributed by atoms with Gasteiger partial charge in [0.15, 0.2) is 0 Å². The monoisotopic (exact) mass is 306 g/mol. The molecule has 0 amide bonds. The third-order valence-corrected chi connectivity index (χ3v) is 3.90. The highest BCUT2D eigenvalue weighted by molar-refractivity contribution is 6.30. The molecule has 0 aliphatic heterocycles. The molecule has 0 radical (unpaired) electrons. The van der Waals surface area contributed by atoms with Gasteiger partial charge in [-0.05, 0) is 25.6 Å². The highest BCUT2D eigenvalue weighted by Crippen LogP contribution is 2.27. The molecule has 2 N–H and O–H groups in total. The summed E-state index contributed by atoms with van der Waals surface area (Å²) in [4.78, 5) is 2.05. The summed E-state index contributed by atoms with van der Waals surface area (Å²) >= 11 is 5.87. The fourth-order valence-corrected chi connectivity index (χ4v) is 2.71. The Morgan fingerprint density at radius 3 is 2.62 bits per heavy atom. The number of hydrogen-bond donors (Lipinski definition) is 1. The van der Waals surface area contributed by atoms with Crippen molar-refractivity contribution in [2.75, 3.05) is 13.6 Å². The number of benzene rings is 2. The van der Waals surface area contributed by atoms with Crippen LogP contribution in [0.5, 0.6) is 0 Å². The van der Waals surface area contributed by atoms with Crippen LogP contribution in [-0.2, 0) is 6.54 Å². The van der Waals surface area contributed by atoms with Crippen LogP contribution in [0, 0.1) is 12.7 Å². The molecular formula is C17H20ClFN2. The summed E-state index contributed by atoms with van der Waals surface area (Å²) in [7, 11) is 1.94. The van der Waals surface area contributed by atoms with Gasteiger partial charge in [0.1, 0.15) is 5.82 Å². The van der Waals surface area contributed by atoms with Crippen molar-refractivity contribution in [3.63, 3.8) is 0 Å². The standard InChI is InChI=1S/C17H20ClFN2/c1-12-5-3-6-13(9-12)11-21(2)16(10-20)14-7-4-8-15(18)17(14)19/h3-9,16H,10-11,20H2,1-2H3. The van der Waals surface area contributed by atoms with E-state index in [4.69, 9.17) is 17.3 Å². The van der Waals surface area contributed by atoms with Gasteiger partial charge in [0, 0.05) is 24.7 Å². The van der Waals surface area contributed by atoms with E-state index >= 15 is 0 Å². The topological polar surface area (TPSA) is 29.3 Å². The molecule has 2 nitrogen and oxygen atoms in total. The lowest BCUT2D eigenvalue weighted by Gasteiger charge is -2.28. The molecule has 0 aliphatic carbocycles. The number of hydrogen-bond acceptors (Lipinski definition) is 2. The first kappa shape index (κ1) is 16.0. The molecule has 2 aromatic carbocycles. The summed E-state index contributed by atoms with van der Waals surface area (Å²) in [5.74, 6) is -0.384. The third-order valence-electron chi connectivity index (χ3n) is 3.61. The van der Waals surface area contributed by atoms with E-state index in [-0.39, 0.29) is 16.9 Å². The van der Waals surface area contributed by atoms with E-state index in [9.17, 15) is 4.39 Å². The van der Waals surface area contributed by atoms with Crippen LogP contribution in [0.4, 0.5) is 4.39 Å². The molecule has 1 atom stereocenters. The Bertz CT molecular complexity index is 615. The van der Waals surface area contributed by atoms with Crippen LogP contribution in [-0.4, -0.2) is 18.5 Å². The highest BCUT2D eigenvalue weighted by Gasteiger charge is 2.20. The van der Waals surface area contributed by atoms with Gasteiger partial charge in [0.25, 0.3) is 0 Å². The zero-order valence-corrected chi connectivity index (χ0v) is 13.1. The van der Waals surface area contributed by atoms with Crippen molar-refractivity contribution in [1.82, 2.24) is 4.90 Å². The number of nitrogens with two attached hydrogens (primary N) is 1. The predicted octanol–water partition coefficient (Wildman–Crippen LogP) is 3.92. The van der Waals surface area contributed by atoms with Crippen LogP contribution >= 0.6 is 11.6 Å². The van der Waals surface area contributed by atoms with E-state index in [1.807, 2.05) is 18.0 Å². The lowest BCUT2D eigenvalue weighted by atomic mass is 10.0. The van der Waals surface area contributed by atoms with Crippen molar-refractivity contribution in [3.8, 4) is 0 Å². The van der Waals surface area contributed by atoms with Crippen LogP contribution in [0.3, 0.4) is 0 Å². The van der Waals surface area contributed by atoms with Crippen molar-refractivity contribution in [2.45, 2.75) is 19.5 Å². The summed E-state index contributed by atoms with van der Waals surface area (Å²) in [6, 6.07) is 13.1. The Balaban J connectivity index is 2.22. The van der Waals surface area contributed by atoms with E-state index in [2.05, 4.69) is 25.1 Å². The molecule has 0 aliphatic rings. The maximum atomic E-state index is 14.2. The van der Waals surface area contributed by atoms with E-state index < -0.39 is 0 Å². The van der Waals surface area contributed by atoms with Crippen LogP contribution in [0.15, 0.2) is 42.5 Å². The van der Waals surface area contributed by atoms with Crippen LogP contribution in [0.1, 0.15) is 22.7 Å². The SMILES string of the molecule is Cc1cccc(CN(C)C(CN)c2cccc(Cl)c2F)c1. The molecule has 4 heteroatoms. The Morgan fingerprint density at radius 2 is 1.95 bits per heavy atom. The number of nitrogens with zero attached hydrogens (tertiary/aromatic N) is 1. The number of halogens is 2. The zero-order chi connectivity index (χ0) is 15.4. The highest BCUT2D eigenvalue weighted by atomic mass is 35.5. The lowest BCUT2D eigenvalue weighted by Crippen LogP contribution is -2.31. The predicted molar refractivity (Wildman–Crippen MR) is 85.9 cm³/mol. The fraction of sp³-hybridized carbons (Fsp3) is 0.294. The molecule has 0 saturated heterocycles. The van der Waals surface area contributed by atoms with Gasteiger partial charge >= 0.3 is 0 Å². The number of rotatable bonds is 5. The Hall–Kier alpha value is -1.42. The average Bonchev–Trinajstić information content (AvgIpc) is 2.44. The molecule has 21 heavy (non-hydrogen) atoms. The minimum absolute atomic E-state index is 0.134. The third kappa shape index (κ3) is 3.82. The van der Waals surface area contributed by atoms with Crippen LogP contribution in [0.2, 0.25) is 5.02 Å². The summed E-state index contributed by atoms with van der Waals surface area (Å²) in [6.45, 7) is 3.09. The molecule has 0 saturated carbocycles. The van der Waals surface area contributed by atoms with Crippen LogP contribution in [0.25, 0.3) is 0 Å². The molecule has 2 aromatic rings. The van der Waals surface area contributed by atoms with Crippen molar-refractivity contribution < 1.29 is 4.39 Å². The maximum Gasteiger partial charge on any atom is 0.146 e. The van der Waals surface area contributed by atoms with Crippen LogP contribution < -0.4 is 5.73 Å². The molecule has 0 bridgehead atoms. The molecule has 0 spiro atoms. The number of likely N-dealkylation sites (N-methyl/N-ethyl adjacent to an activating group) is 1. The van der Waals surface area contributed by atoms with E-state index in [1.54, 1.807) is 18.2 Å². The minimum Gasteiger partial charge on any atom is -0.329 e. The van der Waals surface area contributed by atoms with Gasteiger partial charge in [0.05, 0.1) is 5.02 Å². The van der Waals surface area contributed by atoms with Crippen molar-refractivity contribution >= 4 is 11.6 Å². The van der Waals surface area contributed by atoms with E-state index in [1.165, 1.54) is 11.1 Å². The second-order valence-electron chi connectivity index (χ2n) is 5.30. The van der Waals surface area contributed by atoms with Gasteiger partial charge in [-0.1, -0.05) is 53.6 Å². The minimum atomic E-state index is -0.384. The molecule has 112 valence electrons. The summed E-state index contributed by atoms with van der Waals surface area (Å²) in [6.07, 6.45) is 0. The molecule has 2 rings (SSSR count). The largest absolute Gasteiger partial charge is 0.329 e. The molecule has 0 aromatic heterocycles.